The number of hydrogen-bond acceptors (Lipinski definition) is 3. The van der Waals surface area contributed by atoms with Crippen LogP contribution in [0.25, 0.3) is 0 Å². The fourth-order valence-corrected chi connectivity index (χ4v) is 3.26. The highest BCUT2D eigenvalue weighted by Gasteiger charge is 2.07. The van der Waals surface area contributed by atoms with E-state index in [4.69, 9.17) is 23.2 Å². The minimum Gasteiger partial charge on any atom is -0.228 e. The molecule has 0 bridgehead atoms. The van der Waals surface area contributed by atoms with Gasteiger partial charge in [-0.25, -0.2) is 9.97 Å². The average Bonchev–Trinajstić information content (AvgIpc) is 2.39. The van der Waals surface area contributed by atoms with Crippen LogP contribution in [-0.4, -0.2) is 9.97 Å². The van der Waals surface area contributed by atoms with E-state index < -0.39 is 0 Å². The highest BCUT2D eigenvalue weighted by atomic mass is 35.5. The Morgan fingerprint density at radius 3 is 2.00 bits per heavy atom. The Labute approximate surface area is 134 Å². The summed E-state index contributed by atoms with van der Waals surface area (Å²) < 4.78 is 0. The second kappa shape index (κ2) is 8.50. The minimum atomic E-state index is 0.668. The van der Waals surface area contributed by atoms with Gasteiger partial charge in [0.15, 0.2) is 5.16 Å². The topological polar surface area (TPSA) is 25.8 Å². The highest BCUT2D eigenvalue weighted by Crippen LogP contribution is 2.30. The van der Waals surface area contributed by atoms with Crippen LogP contribution in [0.4, 0.5) is 0 Å². The predicted octanol–water partition coefficient (Wildman–Crippen LogP) is 5.72. The number of halogens is 2. The first kappa shape index (κ1) is 17.3. The summed E-state index contributed by atoms with van der Waals surface area (Å²) in [5.41, 5.74) is 2.86. The molecular weight excluding hydrogens is 311 g/mol. The maximum Gasteiger partial charge on any atom is 0.188 e. The first-order chi connectivity index (χ1) is 9.56. The third kappa shape index (κ3) is 4.97. The maximum absolute atomic E-state index is 6.12. The van der Waals surface area contributed by atoms with Gasteiger partial charge in [0.2, 0.25) is 0 Å². The van der Waals surface area contributed by atoms with E-state index in [2.05, 4.69) is 9.97 Å². The average molecular weight is 329 g/mol. The number of hydrogen-bond donors (Lipinski definition) is 0. The molecule has 0 spiro atoms. The molecule has 0 unspecified atom stereocenters. The molecule has 1 heterocycles. The van der Waals surface area contributed by atoms with Gasteiger partial charge in [0.1, 0.15) is 0 Å². The molecule has 1 aromatic carbocycles. The molecule has 1 aromatic heterocycles. The van der Waals surface area contributed by atoms with Crippen molar-refractivity contribution in [3.8, 4) is 0 Å². The number of aromatic nitrogens is 2. The van der Waals surface area contributed by atoms with E-state index in [0.29, 0.717) is 15.8 Å². The Bertz CT molecular complexity index is 533. The van der Waals surface area contributed by atoms with Crippen LogP contribution in [0.3, 0.4) is 0 Å². The number of benzene rings is 1. The summed E-state index contributed by atoms with van der Waals surface area (Å²) in [6.45, 7) is 7.92. The van der Waals surface area contributed by atoms with Crippen molar-refractivity contribution in [3.63, 3.8) is 0 Å². The van der Waals surface area contributed by atoms with Crippen molar-refractivity contribution in [1.82, 2.24) is 9.97 Å². The van der Waals surface area contributed by atoms with Crippen LogP contribution < -0.4 is 0 Å². The van der Waals surface area contributed by atoms with Crippen molar-refractivity contribution in [1.29, 1.82) is 0 Å². The normalized spacial score (nSPS) is 9.90. The third-order valence-electron chi connectivity index (χ3n) is 2.37. The molecule has 20 heavy (non-hydrogen) atoms. The molecule has 0 saturated heterocycles. The van der Waals surface area contributed by atoms with E-state index in [1.165, 1.54) is 11.8 Å². The molecule has 0 amide bonds. The van der Waals surface area contributed by atoms with E-state index in [-0.39, 0.29) is 0 Å². The van der Waals surface area contributed by atoms with E-state index in [0.717, 1.165) is 22.1 Å². The molecule has 108 valence electrons. The molecule has 2 rings (SSSR count). The molecule has 2 aromatic rings. The van der Waals surface area contributed by atoms with Gasteiger partial charge in [-0.1, -0.05) is 54.9 Å². The fourth-order valence-electron chi connectivity index (χ4n) is 1.57. The van der Waals surface area contributed by atoms with E-state index in [9.17, 15) is 0 Å². The van der Waals surface area contributed by atoms with Crippen molar-refractivity contribution in [2.24, 2.45) is 0 Å². The number of thioether (sulfide) groups is 1. The van der Waals surface area contributed by atoms with Crippen molar-refractivity contribution >= 4 is 35.0 Å². The van der Waals surface area contributed by atoms with E-state index in [1.54, 1.807) is 0 Å². The molecule has 0 aliphatic carbocycles. The van der Waals surface area contributed by atoms with Gasteiger partial charge in [-0.3, -0.25) is 0 Å². The molecule has 0 N–H and O–H groups in total. The second-order valence-corrected chi connectivity index (χ2v) is 5.68. The lowest BCUT2D eigenvalue weighted by atomic mass is 10.2. The van der Waals surface area contributed by atoms with Crippen LogP contribution in [-0.2, 0) is 5.75 Å². The van der Waals surface area contributed by atoms with Crippen LogP contribution in [0.15, 0.2) is 29.4 Å². The number of aryl methyl sites for hydroxylation is 2. The summed E-state index contributed by atoms with van der Waals surface area (Å²) in [6.07, 6.45) is 0. The Balaban J connectivity index is 0.000000956. The standard InChI is InChI=1S/C13H12Cl2N2S.C2H6/c1-8-6-9(2)17-13(16-8)18-7-10-11(14)4-3-5-12(10)15;1-2/h3-6H,7H2,1-2H3;1-2H3. The summed E-state index contributed by atoms with van der Waals surface area (Å²) >= 11 is 13.8. The molecule has 0 radical (unpaired) electrons. The smallest absolute Gasteiger partial charge is 0.188 e. The molecular formula is C15H18Cl2N2S. The lowest BCUT2D eigenvalue weighted by Gasteiger charge is -2.06. The van der Waals surface area contributed by atoms with E-state index >= 15 is 0 Å². The quantitative estimate of drug-likeness (QED) is 0.532. The zero-order valence-electron chi connectivity index (χ0n) is 12.1. The van der Waals surface area contributed by atoms with Gasteiger partial charge in [0, 0.05) is 27.2 Å². The molecule has 0 aliphatic rings. The van der Waals surface area contributed by atoms with Crippen molar-refractivity contribution in [3.05, 3.63) is 51.3 Å². The second-order valence-electron chi connectivity index (χ2n) is 3.92. The minimum absolute atomic E-state index is 0.668. The Morgan fingerprint density at radius 1 is 1.00 bits per heavy atom. The Kier molecular flexibility index (Phi) is 7.35. The van der Waals surface area contributed by atoms with Gasteiger partial charge in [-0.05, 0) is 37.6 Å². The summed E-state index contributed by atoms with van der Waals surface area (Å²) in [5.74, 6) is 0.668. The molecule has 0 fully saturated rings. The summed E-state index contributed by atoms with van der Waals surface area (Å²) in [6, 6.07) is 7.47. The van der Waals surface area contributed by atoms with E-state index in [1.807, 2.05) is 52.0 Å². The largest absolute Gasteiger partial charge is 0.228 e. The first-order valence-corrected chi connectivity index (χ1v) is 8.18. The van der Waals surface area contributed by atoms with Crippen LogP contribution in [0, 0.1) is 13.8 Å². The number of rotatable bonds is 3. The summed E-state index contributed by atoms with van der Waals surface area (Å²) in [5, 5.41) is 2.11. The third-order valence-corrected chi connectivity index (χ3v) is 3.95. The van der Waals surface area contributed by atoms with Crippen molar-refractivity contribution < 1.29 is 0 Å². The van der Waals surface area contributed by atoms with Crippen LogP contribution in [0.1, 0.15) is 30.8 Å². The van der Waals surface area contributed by atoms with Gasteiger partial charge >= 0.3 is 0 Å². The van der Waals surface area contributed by atoms with Crippen LogP contribution in [0.5, 0.6) is 0 Å². The van der Waals surface area contributed by atoms with Crippen LogP contribution in [0.2, 0.25) is 10.0 Å². The van der Waals surface area contributed by atoms with Gasteiger partial charge in [-0.15, -0.1) is 0 Å². The zero-order valence-corrected chi connectivity index (χ0v) is 14.4. The molecule has 0 atom stereocenters. The fraction of sp³-hybridized carbons (Fsp3) is 0.333. The zero-order chi connectivity index (χ0) is 15.1. The Hall–Kier alpha value is -0.770. The first-order valence-electron chi connectivity index (χ1n) is 6.44. The Morgan fingerprint density at radius 2 is 1.50 bits per heavy atom. The SMILES string of the molecule is CC.Cc1cc(C)nc(SCc2c(Cl)cccc2Cl)n1. The lowest BCUT2D eigenvalue weighted by Crippen LogP contribution is -1.93. The molecule has 0 saturated carbocycles. The molecule has 5 heteroatoms. The van der Waals surface area contributed by atoms with Gasteiger partial charge in [0.05, 0.1) is 0 Å². The van der Waals surface area contributed by atoms with Crippen LogP contribution >= 0.6 is 35.0 Å². The maximum atomic E-state index is 6.12. The number of nitrogens with zero attached hydrogens (tertiary/aromatic N) is 2. The molecule has 2 nitrogen and oxygen atoms in total. The van der Waals surface area contributed by atoms with Gasteiger partial charge < -0.3 is 0 Å². The van der Waals surface area contributed by atoms with Crippen molar-refractivity contribution in [2.45, 2.75) is 38.6 Å². The summed E-state index contributed by atoms with van der Waals surface area (Å²) in [7, 11) is 0. The van der Waals surface area contributed by atoms with Crippen molar-refractivity contribution in [2.75, 3.05) is 0 Å². The van der Waals surface area contributed by atoms with Gasteiger partial charge in [-0.2, -0.15) is 0 Å². The highest BCUT2D eigenvalue weighted by molar-refractivity contribution is 7.98. The molecule has 0 aliphatic heterocycles. The lowest BCUT2D eigenvalue weighted by molar-refractivity contribution is 0.902. The predicted molar refractivity (Wildman–Crippen MR) is 88.9 cm³/mol. The van der Waals surface area contributed by atoms with Gasteiger partial charge in [0.25, 0.3) is 0 Å². The monoisotopic (exact) mass is 328 g/mol. The summed E-state index contributed by atoms with van der Waals surface area (Å²) in [4.78, 5) is 8.75.